The van der Waals surface area contributed by atoms with Crippen molar-refractivity contribution in [2.75, 3.05) is 50.8 Å². The number of hydrogen-bond acceptors (Lipinski definition) is 5. The van der Waals surface area contributed by atoms with Gasteiger partial charge in [-0.05, 0) is 12.3 Å². The predicted octanol–water partition coefficient (Wildman–Crippen LogP) is 1.29. The minimum absolute atomic E-state index is 0.461. The van der Waals surface area contributed by atoms with Crippen LogP contribution in [-0.2, 0) is 4.74 Å². The van der Waals surface area contributed by atoms with E-state index in [4.69, 9.17) is 16.3 Å². The Labute approximate surface area is 118 Å². The standard InChI is InChI=1S/C13H19ClN4O/c14-12-7-15-8-13(16-12)18-4-2-17(3-5-18)9-11-1-6-19-10-11/h7-8,11H,1-6,9-10H2. The Balaban J connectivity index is 1.51. The SMILES string of the molecule is Clc1cncc(N2CCN(CC3CCOC3)CC2)n1. The van der Waals surface area contributed by atoms with Crippen molar-refractivity contribution in [1.29, 1.82) is 0 Å². The van der Waals surface area contributed by atoms with E-state index in [0.717, 1.165) is 57.7 Å². The van der Waals surface area contributed by atoms with Crippen LogP contribution < -0.4 is 4.90 Å². The Hall–Kier alpha value is -0.910. The molecule has 3 heterocycles. The second-order valence-corrected chi connectivity index (χ2v) is 5.60. The van der Waals surface area contributed by atoms with Crippen LogP contribution in [-0.4, -0.2) is 60.8 Å². The van der Waals surface area contributed by atoms with Crippen LogP contribution in [0.15, 0.2) is 12.4 Å². The summed E-state index contributed by atoms with van der Waals surface area (Å²) in [7, 11) is 0. The third-order valence-corrected chi connectivity index (χ3v) is 4.01. The number of anilines is 1. The Kier molecular flexibility index (Phi) is 4.15. The van der Waals surface area contributed by atoms with Crippen LogP contribution in [0, 0.1) is 5.92 Å². The monoisotopic (exact) mass is 282 g/mol. The summed E-state index contributed by atoms with van der Waals surface area (Å²) < 4.78 is 5.43. The van der Waals surface area contributed by atoms with E-state index in [1.165, 1.54) is 6.42 Å². The molecule has 19 heavy (non-hydrogen) atoms. The molecular formula is C13H19ClN4O. The van der Waals surface area contributed by atoms with Crippen LogP contribution in [0.25, 0.3) is 0 Å². The summed E-state index contributed by atoms with van der Waals surface area (Å²) in [6.07, 6.45) is 4.56. The number of hydrogen-bond donors (Lipinski definition) is 0. The Bertz CT molecular complexity index is 417. The highest BCUT2D eigenvalue weighted by atomic mass is 35.5. The van der Waals surface area contributed by atoms with E-state index in [0.29, 0.717) is 5.15 Å². The number of nitrogens with zero attached hydrogens (tertiary/aromatic N) is 4. The first-order valence-electron chi connectivity index (χ1n) is 6.84. The molecule has 104 valence electrons. The molecule has 1 atom stereocenters. The molecule has 3 rings (SSSR count). The lowest BCUT2D eigenvalue weighted by atomic mass is 10.1. The molecule has 1 aromatic rings. The van der Waals surface area contributed by atoms with Gasteiger partial charge in [-0.3, -0.25) is 9.88 Å². The van der Waals surface area contributed by atoms with E-state index in [2.05, 4.69) is 19.8 Å². The highest BCUT2D eigenvalue weighted by Crippen LogP contribution is 2.18. The van der Waals surface area contributed by atoms with Gasteiger partial charge in [0.15, 0.2) is 0 Å². The van der Waals surface area contributed by atoms with Crippen LogP contribution >= 0.6 is 11.6 Å². The average Bonchev–Trinajstić information content (AvgIpc) is 2.92. The topological polar surface area (TPSA) is 41.5 Å². The fourth-order valence-corrected chi connectivity index (χ4v) is 2.88. The van der Waals surface area contributed by atoms with Gasteiger partial charge in [-0.15, -0.1) is 0 Å². The minimum Gasteiger partial charge on any atom is -0.381 e. The molecule has 0 aliphatic carbocycles. The van der Waals surface area contributed by atoms with Crippen molar-refractivity contribution in [3.05, 3.63) is 17.5 Å². The summed E-state index contributed by atoms with van der Waals surface area (Å²) in [5.41, 5.74) is 0. The van der Waals surface area contributed by atoms with E-state index in [-0.39, 0.29) is 0 Å². The average molecular weight is 283 g/mol. The first kappa shape index (κ1) is 13.1. The van der Waals surface area contributed by atoms with Gasteiger partial charge in [0, 0.05) is 39.3 Å². The number of piperazine rings is 1. The highest BCUT2D eigenvalue weighted by molar-refractivity contribution is 6.29. The van der Waals surface area contributed by atoms with E-state index < -0.39 is 0 Å². The van der Waals surface area contributed by atoms with Crippen molar-refractivity contribution in [1.82, 2.24) is 14.9 Å². The molecule has 2 aliphatic rings. The van der Waals surface area contributed by atoms with Crippen molar-refractivity contribution < 1.29 is 4.74 Å². The second-order valence-electron chi connectivity index (χ2n) is 5.22. The maximum atomic E-state index is 5.88. The second kappa shape index (κ2) is 6.03. The zero-order valence-corrected chi connectivity index (χ0v) is 11.7. The first-order chi connectivity index (χ1) is 9.31. The van der Waals surface area contributed by atoms with E-state index in [1.807, 2.05) is 0 Å². The smallest absolute Gasteiger partial charge is 0.149 e. The molecule has 0 spiro atoms. The van der Waals surface area contributed by atoms with E-state index >= 15 is 0 Å². The maximum Gasteiger partial charge on any atom is 0.149 e. The van der Waals surface area contributed by atoms with Gasteiger partial charge in [0.05, 0.1) is 19.0 Å². The molecule has 6 heteroatoms. The van der Waals surface area contributed by atoms with Gasteiger partial charge in [0.2, 0.25) is 0 Å². The van der Waals surface area contributed by atoms with Crippen LogP contribution in [0.5, 0.6) is 0 Å². The van der Waals surface area contributed by atoms with E-state index in [1.54, 1.807) is 12.4 Å². The Morgan fingerprint density at radius 2 is 2.11 bits per heavy atom. The van der Waals surface area contributed by atoms with Crippen molar-refractivity contribution in [3.8, 4) is 0 Å². The van der Waals surface area contributed by atoms with Crippen molar-refractivity contribution in [3.63, 3.8) is 0 Å². The summed E-state index contributed by atoms with van der Waals surface area (Å²) in [5.74, 6) is 1.61. The molecule has 1 unspecified atom stereocenters. The predicted molar refractivity (Wildman–Crippen MR) is 74.6 cm³/mol. The van der Waals surface area contributed by atoms with Gasteiger partial charge in [-0.2, -0.15) is 0 Å². The molecule has 5 nitrogen and oxygen atoms in total. The zero-order chi connectivity index (χ0) is 13.1. The summed E-state index contributed by atoms with van der Waals surface area (Å²) in [4.78, 5) is 13.2. The first-order valence-corrected chi connectivity index (χ1v) is 7.21. The van der Waals surface area contributed by atoms with Crippen LogP contribution in [0.3, 0.4) is 0 Å². The lowest BCUT2D eigenvalue weighted by Gasteiger charge is -2.36. The van der Waals surface area contributed by atoms with Crippen molar-refractivity contribution >= 4 is 17.4 Å². The summed E-state index contributed by atoms with van der Waals surface area (Å²) in [6.45, 7) is 7.15. The molecule has 0 aromatic carbocycles. The number of halogens is 1. The molecule has 2 fully saturated rings. The molecule has 0 saturated carbocycles. The molecule has 2 aliphatic heterocycles. The van der Waals surface area contributed by atoms with Gasteiger partial charge in [0.25, 0.3) is 0 Å². The maximum absolute atomic E-state index is 5.88. The van der Waals surface area contributed by atoms with Gasteiger partial charge < -0.3 is 9.64 Å². The van der Waals surface area contributed by atoms with Gasteiger partial charge in [0.1, 0.15) is 11.0 Å². The van der Waals surface area contributed by atoms with Gasteiger partial charge >= 0.3 is 0 Å². The third-order valence-electron chi connectivity index (χ3n) is 3.83. The van der Waals surface area contributed by atoms with E-state index in [9.17, 15) is 0 Å². The Morgan fingerprint density at radius 1 is 1.26 bits per heavy atom. The normalized spacial score (nSPS) is 24.9. The van der Waals surface area contributed by atoms with Crippen LogP contribution in [0.4, 0.5) is 5.82 Å². The summed E-state index contributed by atoms with van der Waals surface area (Å²) in [5, 5.41) is 0.461. The summed E-state index contributed by atoms with van der Waals surface area (Å²) >= 11 is 5.88. The molecule has 0 radical (unpaired) electrons. The van der Waals surface area contributed by atoms with Gasteiger partial charge in [-0.25, -0.2) is 4.98 Å². The summed E-state index contributed by atoms with van der Waals surface area (Å²) in [6, 6.07) is 0. The highest BCUT2D eigenvalue weighted by Gasteiger charge is 2.23. The van der Waals surface area contributed by atoms with Crippen molar-refractivity contribution in [2.45, 2.75) is 6.42 Å². The molecule has 1 aromatic heterocycles. The lowest BCUT2D eigenvalue weighted by Crippen LogP contribution is -2.48. The quantitative estimate of drug-likeness (QED) is 0.836. The third kappa shape index (κ3) is 3.35. The largest absolute Gasteiger partial charge is 0.381 e. The molecular weight excluding hydrogens is 264 g/mol. The fourth-order valence-electron chi connectivity index (χ4n) is 2.74. The molecule has 2 saturated heterocycles. The lowest BCUT2D eigenvalue weighted by molar-refractivity contribution is 0.164. The molecule has 0 bridgehead atoms. The van der Waals surface area contributed by atoms with Crippen molar-refractivity contribution in [2.24, 2.45) is 5.92 Å². The number of ether oxygens (including phenoxy) is 1. The Morgan fingerprint density at radius 3 is 2.79 bits per heavy atom. The van der Waals surface area contributed by atoms with Crippen LogP contribution in [0.2, 0.25) is 5.15 Å². The van der Waals surface area contributed by atoms with Gasteiger partial charge in [-0.1, -0.05) is 11.6 Å². The zero-order valence-electron chi connectivity index (χ0n) is 11.0. The number of aromatic nitrogens is 2. The fraction of sp³-hybridized carbons (Fsp3) is 0.692. The molecule has 0 N–H and O–H groups in total. The van der Waals surface area contributed by atoms with Crippen LogP contribution in [0.1, 0.15) is 6.42 Å². The number of rotatable bonds is 3. The minimum atomic E-state index is 0.461. The molecule has 0 amide bonds.